The quantitative estimate of drug-likeness (QED) is 0.408. The number of piperidine rings is 1. The van der Waals surface area contributed by atoms with Crippen LogP contribution in [0, 0.1) is 11.6 Å². The molecule has 0 saturated carbocycles. The van der Waals surface area contributed by atoms with Gasteiger partial charge in [-0.3, -0.25) is 9.78 Å². The average molecular weight is 527 g/mol. The van der Waals surface area contributed by atoms with Crippen molar-refractivity contribution in [2.75, 3.05) is 0 Å². The van der Waals surface area contributed by atoms with E-state index in [4.69, 9.17) is 11.6 Å². The lowest BCUT2D eigenvalue weighted by atomic mass is 9.84. The molecule has 2 unspecified atom stereocenters. The van der Waals surface area contributed by atoms with E-state index in [0.717, 1.165) is 0 Å². The van der Waals surface area contributed by atoms with Gasteiger partial charge in [0, 0.05) is 29.8 Å². The molecule has 2 N–H and O–H groups in total. The van der Waals surface area contributed by atoms with E-state index in [9.17, 15) is 14.3 Å². The van der Waals surface area contributed by atoms with Gasteiger partial charge in [0.05, 0.1) is 35.2 Å². The first-order valence-electron chi connectivity index (χ1n) is 11.8. The van der Waals surface area contributed by atoms with Crippen LogP contribution in [0.3, 0.4) is 0 Å². The van der Waals surface area contributed by atoms with Crippen LogP contribution in [0.25, 0.3) is 16.9 Å². The molecule has 6 rings (SSSR count). The van der Waals surface area contributed by atoms with Gasteiger partial charge in [0.2, 0.25) is 5.91 Å². The first-order chi connectivity index (χ1) is 18.0. The maximum absolute atomic E-state index is 15.3. The Bertz CT molecular complexity index is 1480. The zero-order valence-electron chi connectivity index (χ0n) is 19.4. The number of carbonyl (C=O) groups excluding carboxylic acids is 1. The monoisotopic (exact) mass is 526 g/mol. The molecule has 0 radical (unpaired) electrons. The summed E-state index contributed by atoms with van der Waals surface area (Å²) in [5.74, 6) is -1.17. The zero-order valence-corrected chi connectivity index (χ0v) is 20.1. The minimum absolute atomic E-state index is 0.0261. The van der Waals surface area contributed by atoms with Crippen LogP contribution in [0.15, 0.2) is 36.9 Å². The number of aliphatic hydroxyl groups is 1. The number of H-pyrrole nitrogens is 1. The molecule has 3 atom stereocenters. The first-order valence-corrected chi connectivity index (χ1v) is 12.2. The van der Waals surface area contributed by atoms with Crippen LogP contribution in [0.5, 0.6) is 0 Å². The van der Waals surface area contributed by atoms with E-state index < -0.39 is 24.2 Å². The highest BCUT2D eigenvalue weighted by atomic mass is 35.5. The van der Waals surface area contributed by atoms with E-state index >= 15 is 4.39 Å². The van der Waals surface area contributed by atoms with Crippen molar-refractivity contribution in [3.63, 3.8) is 0 Å². The fourth-order valence-corrected chi connectivity index (χ4v) is 5.74. The van der Waals surface area contributed by atoms with Crippen LogP contribution in [-0.2, 0) is 11.4 Å². The van der Waals surface area contributed by atoms with Gasteiger partial charge in [-0.15, -0.1) is 5.10 Å². The highest BCUT2D eigenvalue weighted by molar-refractivity contribution is 6.30. The Kier molecular flexibility index (Phi) is 5.92. The van der Waals surface area contributed by atoms with Gasteiger partial charge in [0.1, 0.15) is 23.7 Å². The second-order valence-electron chi connectivity index (χ2n) is 9.19. The van der Waals surface area contributed by atoms with Gasteiger partial charge < -0.3 is 15.0 Å². The number of imidazole rings is 1. The lowest BCUT2D eigenvalue weighted by Gasteiger charge is -2.38. The topological polar surface area (TPSA) is 126 Å². The van der Waals surface area contributed by atoms with Crippen molar-refractivity contribution in [1.29, 1.82) is 0 Å². The zero-order chi connectivity index (χ0) is 25.7. The first kappa shape index (κ1) is 23.6. The van der Waals surface area contributed by atoms with Gasteiger partial charge >= 0.3 is 0 Å². The summed E-state index contributed by atoms with van der Waals surface area (Å²) >= 11 is 6.11. The molecule has 2 fully saturated rings. The Morgan fingerprint density at radius 3 is 2.81 bits per heavy atom. The van der Waals surface area contributed by atoms with E-state index in [1.807, 2.05) is 0 Å². The Morgan fingerprint density at radius 1 is 1.16 bits per heavy atom. The second kappa shape index (κ2) is 9.27. The number of fused-ring (bicyclic) bond motifs is 1. The number of aromatic nitrogens is 7. The van der Waals surface area contributed by atoms with Gasteiger partial charge in [-0.05, 0) is 53.8 Å². The van der Waals surface area contributed by atoms with Crippen molar-refractivity contribution < 1.29 is 18.7 Å². The van der Waals surface area contributed by atoms with Crippen LogP contribution in [-0.4, -0.2) is 57.1 Å². The molecule has 0 aliphatic carbocycles. The number of pyridine rings is 1. The molecule has 2 aliphatic rings. The smallest absolute Gasteiger partial charge is 0.224 e. The molecule has 10 nitrogen and oxygen atoms in total. The van der Waals surface area contributed by atoms with Crippen LogP contribution in [0.4, 0.5) is 8.78 Å². The Hall–Kier alpha value is -3.77. The number of rotatable bonds is 5. The normalized spacial score (nSPS) is 21.5. The minimum Gasteiger partial charge on any atom is -0.390 e. The predicted molar refractivity (Wildman–Crippen MR) is 126 cm³/mol. The van der Waals surface area contributed by atoms with E-state index in [1.165, 1.54) is 35.5 Å². The number of hydrogen-bond donors (Lipinski definition) is 2. The molecule has 2 aliphatic heterocycles. The lowest BCUT2D eigenvalue weighted by molar-refractivity contribution is -0.137. The summed E-state index contributed by atoms with van der Waals surface area (Å²) in [6.45, 7) is -0.517. The number of benzene rings is 1. The highest BCUT2D eigenvalue weighted by Crippen LogP contribution is 2.46. The fourth-order valence-electron chi connectivity index (χ4n) is 5.57. The number of halogens is 3. The van der Waals surface area contributed by atoms with Crippen LogP contribution in [0.2, 0.25) is 5.02 Å². The van der Waals surface area contributed by atoms with Gasteiger partial charge in [-0.25, -0.2) is 18.4 Å². The second-order valence-corrected chi connectivity index (χ2v) is 9.60. The number of nitrogens with zero attached hydrogens (tertiary/aromatic N) is 7. The highest BCUT2D eigenvalue weighted by Gasteiger charge is 2.45. The Morgan fingerprint density at radius 2 is 2.03 bits per heavy atom. The van der Waals surface area contributed by atoms with Gasteiger partial charge in [-0.1, -0.05) is 11.6 Å². The van der Waals surface area contributed by atoms with E-state index in [-0.39, 0.29) is 40.7 Å². The van der Waals surface area contributed by atoms with Crippen LogP contribution >= 0.6 is 11.6 Å². The molecule has 2 saturated heterocycles. The minimum atomic E-state index is -0.622. The lowest BCUT2D eigenvalue weighted by Crippen LogP contribution is -2.43. The van der Waals surface area contributed by atoms with Gasteiger partial charge in [0.15, 0.2) is 5.82 Å². The summed E-state index contributed by atoms with van der Waals surface area (Å²) in [6, 6.07) is 4.17. The molecule has 4 aromatic rings. The standard InChI is InChI=1S/C24H21ClF2N8O2/c25-15-2-4-18(34-11-30-32-33-34)21(23(15)27)12-7-13-1-3-19(35(13)20(37)8-12)24-29-9-16(31-24)14-5-6-28-17(10-36)22(14)26/h2,4-6,9,11-13,19,36H,1,3,7-8,10H2,(H,29,31)/t12?,13-,19?/m1/s1. The van der Waals surface area contributed by atoms with Crippen molar-refractivity contribution in [2.24, 2.45) is 0 Å². The third-order valence-corrected chi connectivity index (χ3v) is 7.49. The SMILES string of the molecule is O=C1CC(c2c(-n3cnnn3)ccc(Cl)c2F)C[C@H]2CCC(c3ncc(-c4ccnc(CO)c4F)[nH]3)N12. The maximum Gasteiger partial charge on any atom is 0.224 e. The molecule has 0 spiro atoms. The number of hydrogen-bond acceptors (Lipinski definition) is 7. The number of aliphatic hydroxyl groups excluding tert-OH is 1. The molecule has 1 amide bonds. The number of carbonyl (C=O) groups is 1. The number of nitrogens with one attached hydrogen (secondary N) is 1. The predicted octanol–water partition coefficient (Wildman–Crippen LogP) is 3.48. The summed E-state index contributed by atoms with van der Waals surface area (Å²) < 4.78 is 31.4. The molecular weight excluding hydrogens is 506 g/mol. The van der Waals surface area contributed by atoms with Crippen LogP contribution < -0.4 is 0 Å². The molecule has 3 aromatic heterocycles. The number of amides is 1. The van der Waals surface area contributed by atoms with E-state index in [0.29, 0.717) is 42.0 Å². The summed E-state index contributed by atoms with van der Waals surface area (Å²) in [5.41, 5.74) is 1.39. The van der Waals surface area contributed by atoms with Crippen molar-refractivity contribution in [3.8, 4) is 16.9 Å². The molecule has 0 bridgehead atoms. The summed E-state index contributed by atoms with van der Waals surface area (Å²) in [5, 5.41) is 20.5. The molecule has 1 aromatic carbocycles. The van der Waals surface area contributed by atoms with Crippen molar-refractivity contribution >= 4 is 17.5 Å². The molecule has 13 heteroatoms. The summed E-state index contributed by atoms with van der Waals surface area (Å²) in [7, 11) is 0. The van der Waals surface area contributed by atoms with Gasteiger partial charge in [0.25, 0.3) is 0 Å². The maximum atomic E-state index is 15.3. The van der Waals surface area contributed by atoms with E-state index in [2.05, 4.69) is 30.5 Å². The fraction of sp³-hybridized carbons (Fsp3) is 0.333. The average Bonchev–Trinajstić information content (AvgIpc) is 3.66. The molecular formula is C24H21ClF2N8O2. The molecule has 5 heterocycles. The van der Waals surface area contributed by atoms with Crippen molar-refractivity contribution in [3.05, 3.63) is 70.7 Å². The number of aromatic amines is 1. The number of tetrazole rings is 1. The largest absolute Gasteiger partial charge is 0.390 e. The Balaban J connectivity index is 1.28. The molecule has 37 heavy (non-hydrogen) atoms. The van der Waals surface area contributed by atoms with Crippen molar-refractivity contribution in [1.82, 2.24) is 40.1 Å². The summed E-state index contributed by atoms with van der Waals surface area (Å²) in [4.78, 5) is 26.7. The Labute approximate surface area is 214 Å². The summed E-state index contributed by atoms with van der Waals surface area (Å²) in [6.07, 6.45) is 6.31. The van der Waals surface area contributed by atoms with Gasteiger partial charge in [-0.2, -0.15) is 0 Å². The third-order valence-electron chi connectivity index (χ3n) is 7.19. The third kappa shape index (κ3) is 3.96. The van der Waals surface area contributed by atoms with E-state index in [1.54, 1.807) is 11.0 Å². The van der Waals surface area contributed by atoms with Crippen LogP contribution in [0.1, 0.15) is 54.7 Å². The van der Waals surface area contributed by atoms with Crippen molar-refractivity contribution in [2.45, 2.75) is 50.3 Å². The molecule has 190 valence electrons.